The van der Waals surface area contributed by atoms with Gasteiger partial charge in [0.15, 0.2) is 0 Å². The summed E-state index contributed by atoms with van der Waals surface area (Å²) in [4.78, 5) is 26.1. The number of hydrogen-bond acceptors (Lipinski definition) is 3. The summed E-state index contributed by atoms with van der Waals surface area (Å²) >= 11 is 3.35. The smallest absolute Gasteiger partial charge is 0.317 e. The van der Waals surface area contributed by atoms with Crippen molar-refractivity contribution in [2.24, 2.45) is 0 Å². The fourth-order valence-corrected chi connectivity index (χ4v) is 3.12. The molecule has 2 aromatic carbocycles. The minimum atomic E-state index is -0.171. The van der Waals surface area contributed by atoms with E-state index in [1.807, 2.05) is 54.6 Å². The van der Waals surface area contributed by atoms with E-state index in [1.54, 1.807) is 4.90 Å². The molecule has 1 aliphatic heterocycles. The molecule has 7 heteroatoms. The van der Waals surface area contributed by atoms with Crippen molar-refractivity contribution in [2.75, 3.05) is 31.6 Å². The standard InChI is InChI=1S/C20H22BrN3O3/c21-16-6-8-17(9-7-16)23-19(25)10-11-22-20(26)24-12-13-27-18(14-24)15-4-2-1-3-5-15/h1-9,18H,10-14H2,(H,22,26)(H,23,25). The summed E-state index contributed by atoms with van der Waals surface area (Å²) in [5.41, 5.74) is 1.79. The van der Waals surface area contributed by atoms with Gasteiger partial charge in [-0.2, -0.15) is 0 Å². The maximum Gasteiger partial charge on any atom is 0.317 e. The highest BCUT2D eigenvalue weighted by Gasteiger charge is 2.25. The number of urea groups is 1. The van der Waals surface area contributed by atoms with E-state index in [2.05, 4.69) is 26.6 Å². The molecule has 0 saturated carbocycles. The Bertz CT molecular complexity index is 768. The first-order chi connectivity index (χ1) is 13.1. The van der Waals surface area contributed by atoms with Crippen LogP contribution in [0.1, 0.15) is 18.1 Å². The van der Waals surface area contributed by atoms with Crippen molar-refractivity contribution in [1.29, 1.82) is 0 Å². The number of hydrogen-bond donors (Lipinski definition) is 2. The molecule has 0 aromatic heterocycles. The Morgan fingerprint density at radius 2 is 1.85 bits per heavy atom. The quantitative estimate of drug-likeness (QED) is 0.759. The first-order valence-corrected chi connectivity index (χ1v) is 9.66. The lowest BCUT2D eigenvalue weighted by Crippen LogP contribution is -2.47. The highest BCUT2D eigenvalue weighted by molar-refractivity contribution is 9.10. The number of halogens is 1. The molecule has 1 aliphatic rings. The van der Waals surface area contributed by atoms with Gasteiger partial charge in [-0.05, 0) is 29.8 Å². The fourth-order valence-electron chi connectivity index (χ4n) is 2.85. The zero-order valence-corrected chi connectivity index (χ0v) is 16.4. The van der Waals surface area contributed by atoms with Crippen molar-refractivity contribution in [1.82, 2.24) is 10.2 Å². The summed E-state index contributed by atoms with van der Waals surface area (Å²) in [6.07, 6.45) is 0.0975. The number of nitrogens with one attached hydrogen (secondary N) is 2. The second kappa shape index (κ2) is 9.53. The van der Waals surface area contributed by atoms with Crippen LogP contribution in [0, 0.1) is 0 Å². The highest BCUT2D eigenvalue weighted by atomic mass is 79.9. The Labute approximate surface area is 167 Å². The second-order valence-electron chi connectivity index (χ2n) is 6.25. The number of nitrogens with zero attached hydrogens (tertiary/aromatic N) is 1. The molecule has 0 radical (unpaired) electrons. The predicted molar refractivity (Wildman–Crippen MR) is 107 cm³/mol. The number of amides is 3. The van der Waals surface area contributed by atoms with E-state index in [-0.39, 0.29) is 31.0 Å². The Balaban J connectivity index is 1.42. The minimum absolute atomic E-state index is 0.119. The molecular formula is C20H22BrN3O3. The Kier molecular flexibility index (Phi) is 6.84. The molecule has 142 valence electrons. The molecular weight excluding hydrogens is 410 g/mol. The summed E-state index contributed by atoms with van der Waals surface area (Å²) in [6, 6.07) is 17.1. The number of carbonyl (C=O) groups is 2. The number of benzene rings is 2. The van der Waals surface area contributed by atoms with Gasteiger partial charge in [-0.3, -0.25) is 4.79 Å². The molecule has 1 unspecified atom stereocenters. The van der Waals surface area contributed by atoms with E-state index in [0.717, 1.165) is 15.7 Å². The summed E-state index contributed by atoms with van der Waals surface area (Å²) in [5, 5.41) is 5.62. The largest absolute Gasteiger partial charge is 0.370 e. The van der Waals surface area contributed by atoms with Crippen LogP contribution in [0.5, 0.6) is 0 Å². The zero-order valence-electron chi connectivity index (χ0n) is 14.9. The molecule has 2 aromatic rings. The van der Waals surface area contributed by atoms with Crippen molar-refractivity contribution in [3.63, 3.8) is 0 Å². The van der Waals surface area contributed by atoms with Gasteiger partial charge in [0.2, 0.25) is 5.91 Å². The van der Waals surface area contributed by atoms with E-state index in [0.29, 0.717) is 19.7 Å². The summed E-state index contributed by atoms with van der Waals surface area (Å²) in [7, 11) is 0. The van der Waals surface area contributed by atoms with Gasteiger partial charge >= 0.3 is 6.03 Å². The average Bonchev–Trinajstić information content (AvgIpc) is 2.70. The van der Waals surface area contributed by atoms with Gasteiger partial charge < -0.3 is 20.3 Å². The van der Waals surface area contributed by atoms with Crippen LogP contribution < -0.4 is 10.6 Å². The van der Waals surface area contributed by atoms with Gasteiger partial charge in [0.1, 0.15) is 6.10 Å². The number of morpholine rings is 1. The van der Waals surface area contributed by atoms with Gasteiger partial charge in [-0.25, -0.2) is 4.79 Å². The molecule has 27 heavy (non-hydrogen) atoms. The van der Waals surface area contributed by atoms with Crippen LogP contribution in [0.15, 0.2) is 59.1 Å². The number of rotatable bonds is 5. The molecule has 0 spiro atoms. The second-order valence-corrected chi connectivity index (χ2v) is 7.17. The molecule has 2 N–H and O–H groups in total. The lowest BCUT2D eigenvalue weighted by molar-refractivity contribution is -0.116. The van der Waals surface area contributed by atoms with Crippen molar-refractivity contribution >= 4 is 33.6 Å². The van der Waals surface area contributed by atoms with E-state index in [4.69, 9.17) is 4.74 Å². The average molecular weight is 432 g/mol. The molecule has 3 amide bonds. The van der Waals surface area contributed by atoms with Gasteiger partial charge in [0.05, 0.1) is 13.2 Å². The van der Waals surface area contributed by atoms with Gasteiger partial charge in [0.25, 0.3) is 0 Å². The Morgan fingerprint density at radius 3 is 2.59 bits per heavy atom. The van der Waals surface area contributed by atoms with E-state index >= 15 is 0 Å². The van der Waals surface area contributed by atoms with Crippen molar-refractivity contribution in [2.45, 2.75) is 12.5 Å². The molecule has 0 bridgehead atoms. The topological polar surface area (TPSA) is 70.7 Å². The predicted octanol–water partition coefficient (Wildman–Crippen LogP) is 3.56. The van der Waals surface area contributed by atoms with Gasteiger partial charge in [0, 0.05) is 29.7 Å². The third-order valence-electron chi connectivity index (χ3n) is 4.28. The van der Waals surface area contributed by atoms with Crippen LogP contribution in [0.4, 0.5) is 10.5 Å². The first-order valence-electron chi connectivity index (χ1n) is 8.86. The van der Waals surface area contributed by atoms with E-state index < -0.39 is 0 Å². The lowest BCUT2D eigenvalue weighted by atomic mass is 10.1. The fraction of sp³-hybridized carbons (Fsp3) is 0.300. The first kappa shape index (κ1) is 19.4. The van der Waals surface area contributed by atoms with Crippen molar-refractivity contribution in [3.05, 3.63) is 64.6 Å². The zero-order chi connectivity index (χ0) is 19.1. The Hall–Kier alpha value is -2.38. The van der Waals surface area contributed by atoms with Crippen LogP contribution in [0.25, 0.3) is 0 Å². The van der Waals surface area contributed by atoms with Crippen LogP contribution in [-0.4, -0.2) is 43.1 Å². The van der Waals surface area contributed by atoms with Crippen LogP contribution in [0.3, 0.4) is 0 Å². The normalized spacial score (nSPS) is 16.6. The van der Waals surface area contributed by atoms with Gasteiger partial charge in [-0.1, -0.05) is 46.3 Å². The molecule has 1 saturated heterocycles. The third kappa shape index (κ3) is 5.80. The van der Waals surface area contributed by atoms with Crippen LogP contribution >= 0.6 is 15.9 Å². The number of anilines is 1. The molecule has 1 heterocycles. The van der Waals surface area contributed by atoms with E-state index in [9.17, 15) is 9.59 Å². The maximum absolute atomic E-state index is 12.4. The Morgan fingerprint density at radius 1 is 1.11 bits per heavy atom. The SMILES string of the molecule is O=C(CCNC(=O)N1CCOC(c2ccccc2)C1)Nc1ccc(Br)cc1. The molecule has 1 fully saturated rings. The van der Waals surface area contributed by atoms with Crippen LogP contribution in [-0.2, 0) is 9.53 Å². The molecule has 3 rings (SSSR count). The summed E-state index contributed by atoms with van der Waals surface area (Å²) in [6.45, 7) is 1.83. The summed E-state index contributed by atoms with van der Waals surface area (Å²) in [5.74, 6) is -0.137. The lowest BCUT2D eigenvalue weighted by Gasteiger charge is -2.33. The minimum Gasteiger partial charge on any atom is -0.370 e. The van der Waals surface area contributed by atoms with Crippen molar-refractivity contribution in [3.8, 4) is 0 Å². The van der Waals surface area contributed by atoms with Gasteiger partial charge in [-0.15, -0.1) is 0 Å². The number of carbonyl (C=O) groups excluding carboxylic acids is 2. The maximum atomic E-state index is 12.4. The molecule has 1 atom stereocenters. The molecule has 0 aliphatic carbocycles. The number of ether oxygens (including phenoxy) is 1. The monoisotopic (exact) mass is 431 g/mol. The third-order valence-corrected chi connectivity index (χ3v) is 4.81. The van der Waals surface area contributed by atoms with Crippen molar-refractivity contribution < 1.29 is 14.3 Å². The van der Waals surface area contributed by atoms with Crippen LogP contribution in [0.2, 0.25) is 0 Å². The molecule has 6 nitrogen and oxygen atoms in total. The summed E-state index contributed by atoms with van der Waals surface area (Å²) < 4.78 is 6.72. The highest BCUT2D eigenvalue weighted by Crippen LogP contribution is 2.21. The van der Waals surface area contributed by atoms with E-state index in [1.165, 1.54) is 0 Å².